The molecule has 1 rings (SSSR count). The van der Waals surface area contributed by atoms with Crippen LogP contribution in [0.1, 0.15) is 0 Å². The van der Waals surface area contributed by atoms with E-state index in [4.69, 9.17) is 11.6 Å². The van der Waals surface area contributed by atoms with Gasteiger partial charge in [0, 0.05) is 12.4 Å². The van der Waals surface area contributed by atoms with Gasteiger partial charge < -0.3 is 0 Å². The third-order valence-electron chi connectivity index (χ3n) is 0.534. The van der Waals surface area contributed by atoms with E-state index in [9.17, 15) is 0 Å². The van der Waals surface area contributed by atoms with E-state index in [0.29, 0.717) is 5.28 Å². The van der Waals surface area contributed by atoms with E-state index in [-0.39, 0.29) is 0 Å². The van der Waals surface area contributed by atoms with Gasteiger partial charge in [-0.3, -0.25) is 0 Å². The number of hydrogen-bond acceptors (Lipinski definition) is 2. The first-order chi connectivity index (χ1) is 3.39. The molecule has 0 saturated carbocycles. The van der Waals surface area contributed by atoms with Crippen LogP contribution in [-0.4, -0.2) is 9.97 Å². The van der Waals surface area contributed by atoms with Gasteiger partial charge in [-0.2, -0.15) is 0 Å². The van der Waals surface area contributed by atoms with Gasteiger partial charge in [-0.15, -0.1) is 0 Å². The molecule has 0 bridgehead atoms. The highest BCUT2D eigenvalue weighted by atomic mass is 35.5. The SMILES string of the molecule is Cl[14c]1ncccn1. The lowest BCUT2D eigenvalue weighted by Crippen LogP contribution is -1.73. The standard InChI is InChI=1S/C4H3ClN2/c5-4-6-2-1-3-7-4/h1-3H/i4+2. The van der Waals surface area contributed by atoms with Crippen molar-refractivity contribution in [2.75, 3.05) is 0 Å². The van der Waals surface area contributed by atoms with Crippen molar-refractivity contribution in [3.8, 4) is 0 Å². The zero-order valence-electron chi connectivity index (χ0n) is 3.50. The molecule has 1 aromatic heterocycles. The van der Waals surface area contributed by atoms with Gasteiger partial charge >= 0.3 is 0 Å². The fourth-order valence-corrected chi connectivity index (χ4v) is 0.394. The van der Waals surface area contributed by atoms with Crippen LogP contribution in [0.2, 0.25) is 5.28 Å². The van der Waals surface area contributed by atoms with Gasteiger partial charge in [-0.05, 0) is 17.7 Å². The molecule has 0 saturated heterocycles. The molecule has 0 spiro atoms. The molecular weight excluding hydrogens is 114 g/mol. The Morgan fingerprint density at radius 2 is 1.86 bits per heavy atom. The predicted octanol–water partition coefficient (Wildman–Crippen LogP) is 1.13. The maximum atomic E-state index is 5.32. The zero-order chi connectivity index (χ0) is 5.11. The fourth-order valence-electron chi connectivity index (χ4n) is 0.281. The van der Waals surface area contributed by atoms with Gasteiger partial charge in [0.15, 0.2) is 0 Å². The van der Waals surface area contributed by atoms with Crippen molar-refractivity contribution in [2.24, 2.45) is 0 Å². The maximum absolute atomic E-state index is 5.32. The van der Waals surface area contributed by atoms with E-state index < -0.39 is 0 Å². The molecule has 0 atom stereocenters. The maximum Gasteiger partial charge on any atom is 0.222 e. The van der Waals surface area contributed by atoms with Crippen LogP contribution in [0.5, 0.6) is 0 Å². The van der Waals surface area contributed by atoms with Crippen LogP contribution in [0.4, 0.5) is 0 Å². The Balaban J connectivity index is 3.02. The second-order valence-electron chi connectivity index (χ2n) is 1.02. The summed E-state index contributed by atoms with van der Waals surface area (Å²) in [5, 5.41) is 0.294. The van der Waals surface area contributed by atoms with Crippen molar-refractivity contribution in [3.05, 3.63) is 23.7 Å². The molecular formula is C4H3ClN2. The average Bonchev–Trinajstić information content (AvgIpc) is 1.69. The van der Waals surface area contributed by atoms with E-state index in [1.54, 1.807) is 18.5 Å². The molecule has 1 heterocycles. The van der Waals surface area contributed by atoms with Gasteiger partial charge in [0.1, 0.15) is 0 Å². The molecule has 0 amide bonds. The summed E-state index contributed by atoms with van der Waals surface area (Å²) in [7, 11) is 0. The first kappa shape index (κ1) is 4.53. The van der Waals surface area contributed by atoms with Gasteiger partial charge in [0.05, 0.1) is 0 Å². The minimum Gasteiger partial charge on any atom is -0.227 e. The van der Waals surface area contributed by atoms with Gasteiger partial charge in [0.25, 0.3) is 0 Å². The molecule has 0 aromatic carbocycles. The molecule has 0 aliphatic rings. The Bertz CT molecular complexity index is 140. The molecule has 2 nitrogen and oxygen atoms in total. The van der Waals surface area contributed by atoms with E-state index in [0.717, 1.165) is 0 Å². The Kier molecular flexibility index (Phi) is 1.22. The fraction of sp³-hybridized carbons (Fsp3) is 0. The van der Waals surface area contributed by atoms with Crippen LogP contribution in [0.25, 0.3) is 0 Å². The van der Waals surface area contributed by atoms with Crippen LogP contribution >= 0.6 is 11.6 Å². The molecule has 0 radical (unpaired) electrons. The van der Waals surface area contributed by atoms with E-state index >= 15 is 0 Å². The first-order valence-electron chi connectivity index (χ1n) is 1.82. The second-order valence-corrected chi connectivity index (χ2v) is 1.36. The third-order valence-corrected chi connectivity index (χ3v) is 0.729. The van der Waals surface area contributed by atoms with Crippen molar-refractivity contribution in [2.45, 2.75) is 0 Å². The molecule has 7 heavy (non-hydrogen) atoms. The molecule has 0 aliphatic carbocycles. The number of rotatable bonds is 0. The Morgan fingerprint density at radius 3 is 2.14 bits per heavy atom. The average molecular weight is 117 g/mol. The lowest BCUT2D eigenvalue weighted by atomic mass is 10.7. The largest absolute Gasteiger partial charge is 0.227 e. The van der Waals surface area contributed by atoms with Crippen molar-refractivity contribution in [3.63, 3.8) is 0 Å². The summed E-state index contributed by atoms with van der Waals surface area (Å²) in [5.41, 5.74) is 0. The monoisotopic (exact) mass is 116 g/mol. The highest BCUT2D eigenvalue weighted by molar-refractivity contribution is 6.28. The first-order valence-corrected chi connectivity index (χ1v) is 2.20. The minimum absolute atomic E-state index is 0.294. The summed E-state index contributed by atoms with van der Waals surface area (Å²) >= 11 is 5.32. The summed E-state index contributed by atoms with van der Waals surface area (Å²) in [6.45, 7) is 0. The Morgan fingerprint density at radius 1 is 1.29 bits per heavy atom. The zero-order valence-corrected chi connectivity index (χ0v) is 4.26. The smallest absolute Gasteiger partial charge is 0.222 e. The number of nitrogens with zero attached hydrogens (tertiary/aromatic N) is 2. The predicted molar refractivity (Wildman–Crippen MR) is 27.0 cm³/mol. The van der Waals surface area contributed by atoms with Crippen molar-refractivity contribution in [1.29, 1.82) is 0 Å². The van der Waals surface area contributed by atoms with Crippen molar-refractivity contribution >= 4 is 11.6 Å². The van der Waals surface area contributed by atoms with E-state index in [2.05, 4.69) is 9.97 Å². The molecule has 0 fully saturated rings. The molecule has 1 aromatic rings. The van der Waals surface area contributed by atoms with Gasteiger partial charge in [-0.1, -0.05) is 0 Å². The summed E-state index contributed by atoms with van der Waals surface area (Å²) in [5.74, 6) is 0. The van der Waals surface area contributed by atoms with E-state index in [1.807, 2.05) is 0 Å². The van der Waals surface area contributed by atoms with Gasteiger partial charge in [0.2, 0.25) is 5.28 Å². The van der Waals surface area contributed by atoms with Crippen LogP contribution in [0, 0.1) is 0 Å². The van der Waals surface area contributed by atoms with Crippen LogP contribution in [0.3, 0.4) is 0 Å². The summed E-state index contributed by atoms with van der Waals surface area (Å²) in [6, 6.07) is 1.71. The number of hydrogen-bond donors (Lipinski definition) is 0. The quantitative estimate of drug-likeness (QED) is 0.475. The Hall–Kier alpha value is -0.630. The van der Waals surface area contributed by atoms with Gasteiger partial charge in [-0.25, -0.2) is 9.97 Å². The summed E-state index contributed by atoms with van der Waals surface area (Å²) < 4.78 is 0. The van der Waals surface area contributed by atoms with Crippen LogP contribution in [0.15, 0.2) is 18.5 Å². The lowest BCUT2D eigenvalue weighted by molar-refractivity contribution is 1.17. The molecule has 0 aliphatic heterocycles. The van der Waals surface area contributed by atoms with E-state index in [1.165, 1.54) is 0 Å². The van der Waals surface area contributed by atoms with Crippen molar-refractivity contribution < 1.29 is 0 Å². The lowest BCUT2D eigenvalue weighted by Gasteiger charge is -1.78. The second kappa shape index (κ2) is 1.89. The van der Waals surface area contributed by atoms with Crippen LogP contribution < -0.4 is 0 Å². The molecule has 3 heteroatoms. The Labute approximate surface area is 46.2 Å². The molecule has 0 N–H and O–H groups in total. The highest BCUT2D eigenvalue weighted by Gasteiger charge is 1.78. The topological polar surface area (TPSA) is 25.8 Å². The summed E-state index contributed by atoms with van der Waals surface area (Å²) in [4.78, 5) is 7.27. The minimum atomic E-state index is 0.294. The molecule has 0 unspecified atom stereocenters. The summed E-state index contributed by atoms with van der Waals surface area (Å²) in [6.07, 6.45) is 3.19. The molecule has 36 valence electrons. The van der Waals surface area contributed by atoms with Crippen LogP contribution in [-0.2, 0) is 0 Å². The normalized spacial score (nSPS) is 8.71. The number of halogens is 1. The highest BCUT2D eigenvalue weighted by Crippen LogP contribution is 1.92. The third kappa shape index (κ3) is 1.12. The number of aromatic nitrogens is 2. The van der Waals surface area contributed by atoms with Crippen molar-refractivity contribution in [1.82, 2.24) is 9.97 Å².